The molecule has 0 fully saturated rings. The smallest absolute Gasteiger partial charge is 0.188 e. The largest absolute Gasteiger partial charge is 0.497 e. The van der Waals surface area contributed by atoms with E-state index in [2.05, 4.69) is 26.4 Å². The third-order valence-electron chi connectivity index (χ3n) is 4.55. The molecule has 0 spiro atoms. The molecular weight excluding hydrogens is 370 g/mol. The van der Waals surface area contributed by atoms with Gasteiger partial charge in [-0.25, -0.2) is 14.6 Å². The molecular formula is C21H17N5OS. The molecule has 7 heteroatoms. The van der Waals surface area contributed by atoms with Gasteiger partial charge in [0.05, 0.1) is 40.6 Å². The number of hydrogen-bond acceptors (Lipinski definition) is 6. The third kappa shape index (κ3) is 2.86. The summed E-state index contributed by atoms with van der Waals surface area (Å²) >= 11 is 1.58. The molecule has 138 valence electrons. The summed E-state index contributed by atoms with van der Waals surface area (Å²) in [5.74, 6) is 0.828. The minimum Gasteiger partial charge on any atom is -0.497 e. The van der Waals surface area contributed by atoms with Crippen molar-refractivity contribution in [2.75, 3.05) is 12.4 Å². The fraction of sp³-hybridized carbons (Fsp3) is 0.0952. The average Bonchev–Trinajstić information content (AvgIpc) is 3.28. The summed E-state index contributed by atoms with van der Waals surface area (Å²) in [6, 6.07) is 18.0. The Labute approximate surface area is 165 Å². The third-order valence-corrected chi connectivity index (χ3v) is 5.49. The monoisotopic (exact) mass is 387 g/mol. The molecule has 0 saturated carbocycles. The number of fused-ring (bicyclic) bond motifs is 2. The topological polar surface area (TPSA) is 64.9 Å². The van der Waals surface area contributed by atoms with Crippen molar-refractivity contribution in [3.05, 3.63) is 66.5 Å². The maximum Gasteiger partial charge on any atom is 0.188 e. The lowest BCUT2D eigenvalue weighted by Crippen LogP contribution is -1.97. The lowest BCUT2D eigenvalue weighted by Gasteiger charge is -2.04. The van der Waals surface area contributed by atoms with Crippen LogP contribution in [0.5, 0.6) is 5.75 Å². The van der Waals surface area contributed by atoms with Crippen molar-refractivity contribution in [1.82, 2.24) is 19.7 Å². The molecule has 0 unspecified atom stereocenters. The number of aryl methyl sites for hydroxylation is 1. The van der Waals surface area contributed by atoms with E-state index in [1.807, 2.05) is 66.3 Å². The summed E-state index contributed by atoms with van der Waals surface area (Å²) < 4.78 is 8.24. The number of methoxy groups -OCH3 is 1. The van der Waals surface area contributed by atoms with Gasteiger partial charge in [-0.15, -0.1) is 0 Å². The predicted molar refractivity (Wildman–Crippen MR) is 113 cm³/mol. The van der Waals surface area contributed by atoms with Crippen LogP contribution in [0, 0.1) is 6.92 Å². The fourth-order valence-corrected chi connectivity index (χ4v) is 4.08. The van der Waals surface area contributed by atoms with E-state index in [0.29, 0.717) is 0 Å². The van der Waals surface area contributed by atoms with Crippen LogP contribution in [0.4, 0.5) is 10.8 Å². The quantitative estimate of drug-likeness (QED) is 0.465. The Morgan fingerprint density at radius 3 is 2.75 bits per heavy atom. The zero-order valence-electron chi connectivity index (χ0n) is 15.4. The van der Waals surface area contributed by atoms with Gasteiger partial charge in [-0.05, 0) is 43.3 Å². The normalized spacial score (nSPS) is 11.2. The number of thiazole rings is 1. The molecule has 3 heterocycles. The van der Waals surface area contributed by atoms with E-state index < -0.39 is 0 Å². The molecule has 2 aromatic carbocycles. The van der Waals surface area contributed by atoms with E-state index in [9.17, 15) is 0 Å². The number of rotatable bonds is 4. The molecule has 0 saturated heterocycles. The minimum absolute atomic E-state index is 0.817. The Bertz CT molecular complexity index is 1290. The highest BCUT2D eigenvalue weighted by Gasteiger charge is 2.12. The fourth-order valence-electron chi connectivity index (χ4n) is 3.17. The summed E-state index contributed by atoms with van der Waals surface area (Å²) in [4.78, 5) is 9.29. The SMILES string of the molecule is COc1ccc2nc(Nc3cnc4c(c3)c(C)nn4-c3ccccc3)sc2c1. The predicted octanol–water partition coefficient (Wildman–Crippen LogP) is 5.09. The van der Waals surface area contributed by atoms with E-state index in [4.69, 9.17) is 4.74 Å². The Morgan fingerprint density at radius 2 is 1.93 bits per heavy atom. The molecule has 28 heavy (non-hydrogen) atoms. The summed E-state index contributed by atoms with van der Waals surface area (Å²) in [5.41, 5.74) is 4.59. The van der Waals surface area contributed by atoms with Crippen LogP contribution in [0.3, 0.4) is 0 Å². The van der Waals surface area contributed by atoms with Gasteiger partial charge in [-0.1, -0.05) is 29.5 Å². The highest BCUT2D eigenvalue weighted by atomic mass is 32.1. The van der Waals surface area contributed by atoms with E-state index in [-0.39, 0.29) is 0 Å². The van der Waals surface area contributed by atoms with Crippen molar-refractivity contribution in [2.45, 2.75) is 6.92 Å². The Morgan fingerprint density at radius 1 is 1.07 bits per heavy atom. The van der Waals surface area contributed by atoms with Crippen LogP contribution in [0.1, 0.15) is 5.69 Å². The van der Waals surface area contributed by atoms with E-state index in [1.54, 1.807) is 18.4 Å². The lowest BCUT2D eigenvalue weighted by molar-refractivity contribution is 0.415. The van der Waals surface area contributed by atoms with Crippen molar-refractivity contribution in [2.24, 2.45) is 0 Å². The van der Waals surface area contributed by atoms with Gasteiger partial charge in [0.2, 0.25) is 0 Å². The van der Waals surface area contributed by atoms with Crippen molar-refractivity contribution in [3.8, 4) is 11.4 Å². The van der Waals surface area contributed by atoms with Gasteiger partial charge >= 0.3 is 0 Å². The van der Waals surface area contributed by atoms with Crippen LogP contribution in [0.2, 0.25) is 0 Å². The number of aromatic nitrogens is 4. The Kier molecular flexibility index (Phi) is 3.95. The van der Waals surface area contributed by atoms with Crippen molar-refractivity contribution in [1.29, 1.82) is 0 Å². The molecule has 6 nitrogen and oxygen atoms in total. The highest BCUT2D eigenvalue weighted by Crippen LogP contribution is 2.31. The molecule has 0 atom stereocenters. The van der Waals surface area contributed by atoms with Gasteiger partial charge in [-0.2, -0.15) is 5.10 Å². The summed E-state index contributed by atoms with van der Waals surface area (Å²) in [6.45, 7) is 2.00. The molecule has 0 aliphatic heterocycles. The summed E-state index contributed by atoms with van der Waals surface area (Å²) in [5, 5.41) is 9.86. The number of hydrogen-bond donors (Lipinski definition) is 1. The van der Waals surface area contributed by atoms with Crippen LogP contribution in [0.15, 0.2) is 60.8 Å². The molecule has 3 aromatic heterocycles. The van der Waals surface area contributed by atoms with Crippen LogP contribution in [-0.2, 0) is 0 Å². The molecule has 0 amide bonds. The van der Waals surface area contributed by atoms with Crippen LogP contribution < -0.4 is 10.1 Å². The van der Waals surface area contributed by atoms with Gasteiger partial charge in [0.25, 0.3) is 0 Å². The number of anilines is 2. The van der Waals surface area contributed by atoms with Gasteiger partial charge in [0.1, 0.15) is 5.75 Å². The number of para-hydroxylation sites is 1. The van der Waals surface area contributed by atoms with E-state index in [0.717, 1.165) is 49.2 Å². The number of ether oxygens (including phenoxy) is 1. The van der Waals surface area contributed by atoms with E-state index in [1.165, 1.54) is 0 Å². The van der Waals surface area contributed by atoms with Crippen LogP contribution >= 0.6 is 11.3 Å². The first-order valence-electron chi connectivity index (χ1n) is 8.84. The zero-order valence-corrected chi connectivity index (χ0v) is 16.2. The molecule has 5 aromatic rings. The van der Waals surface area contributed by atoms with Gasteiger partial charge < -0.3 is 10.1 Å². The summed E-state index contributed by atoms with van der Waals surface area (Å²) in [6.07, 6.45) is 1.82. The van der Waals surface area contributed by atoms with Gasteiger partial charge in [0, 0.05) is 5.39 Å². The molecule has 1 N–H and O–H groups in total. The van der Waals surface area contributed by atoms with Crippen molar-refractivity contribution < 1.29 is 4.74 Å². The first-order chi connectivity index (χ1) is 13.7. The lowest BCUT2D eigenvalue weighted by atomic mass is 10.2. The van der Waals surface area contributed by atoms with Gasteiger partial charge in [-0.3, -0.25) is 0 Å². The first-order valence-corrected chi connectivity index (χ1v) is 9.65. The van der Waals surface area contributed by atoms with Crippen LogP contribution in [0.25, 0.3) is 26.9 Å². The zero-order chi connectivity index (χ0) is 19.1. The van der Waals surface area contributed by atoms with Crippen molar-refractivity contribution >= 4 is 43.4 Å². The molecule has 5 rings (SSSR count). The second-order valence-electron chi connectivity index (χ2n) is 6.41. The maximum absolute atomic E-state index is 5.29. The Balaban J connectivity index is 1.51. The Hall–Kier alpha value is -3.45. The van der Waals surface area contributed by atoms with Crippen molar-refractivity contribution in [3.63, 3.8) is 0 Å². The average molecular weight is 387 g/mol. The molecule has 0 aliphatic rings. The summed E-state index contributed by atoms with van der Waals surface area (Å²) in [7, 11) is 1.67. The highest BCUT2D eigenvalue weighted by molar-refractivity contribution is 7.22. The number of pyridine rings is 1. The standard InChI is InChI=1S/C21H17N5OS/c1-13-17-10-14(12-22-20(17)26(25-13)15-6-4-3-5-7-15)23-21-24-18-9-8-16(27-2)11-19(18)28-21/h3-12H,1-2H3,(H,23,24). The maximum atomic E-state index is 5.29. The second kappa shape index (κ2) is 6.61. The first kappa shape index (κ1) is 16.7. The second-order valence-corrected chi connectivity index (χ2v) is 7.44. The minimum atomic E-state index is 0.817. The number of benzene rings is 2. The number of nitrogens with one attached hydrogen (secondary N) is 1. The van der Waals surface area contributed by atoms with E-state index >= 15 is 0 Å². The van der Waals surface area contributed by atoms with Gasteiger partial charge in [0.15, 0.2) is 10.8 Å². The molecule has 0 aliphatic carbocycles. The van der Waals surface area contributed by atoms with Crippen LogP contribution in [-0.4, -0.2) is 26.9 Å². The molecule has 0 radical (unpaired) electrons. The number of nitrogens with zero attached hydrogens (tertiary/aromatic N) is 4. The molecule has 0 bridgehead atoms.